The standard InChI is InChI=1S/C11H14ClNO3S/c12-10-5-8(1-2-11(10)14)6-13-9-3-4-17(15,16)7-9/h1-2,5,9,13-14H,3-4,6-7H2. The predicted molar refractivity (Wildman–Crippen MR) is 67.0 cm³/mol. The molecule has 1 saturated heterocycles. The molecule has 1 fully saturated rings. The first-order chi connectivity index (χ1) is 7.96. The minimum atomic E-state index is -2.84. The molecule has 0 aliphatic carbocycles. The summed E-state index contributed by atoms with van der Waals surface area (Å²) in [5.41, 5.74) is 0.928. The number of benzene rings is 1. The Labute approximate surface area is 106 Å². The van der Waals surface area contributed by atoms with Crippen molar-refractivity contribution >= 4 is 21.4 Å². The van der Waals surface area contributed by atoms with E-state index in [1.165, 1.54) is 6.07 Å². The number of hydrogen-bond donors (Lipinski definition) is 2. The third-order valence-electron chi connectivity index (χ3n) is 2.84. The van der Waals surface area contributed by atoms with E-state index >= 15 is 0 Å². The van der Waals surface area contributed by atoms with E-state index in [0.717, 1.165) is 5.56 Å². The molecule has 0 amide bonds. The van der Waals surface area contributed by atoms with Gasteiger partial charge in [0, 0.05) is 12.6 Å². The Morgan fingerprint density at radius 2 is 2.24 bits per heavy atom. The topological polar surface area (TPSA) is 66.4 Å². The molecular weight excluding hydrogens is 262 g/mol. The van der Waals surface area contributed by atoms with Crippen LogP contribution >= 0.6 is 11.6 Å². The van der Waals surface area contributed by atoms with E-state index in [1.807, 2.05) is 0 Å². The van der Waals surface area contributed by atoms with Crippen molar-refractivity contribution in [1.29, 1.82) is 0 Å². The summed E-state index contributed by atoms with van der Waals surface area (Å²) in [5.74, 6) is 0.527. The SMILES string of the molecule is O=S1(=O)CCC(NCc2ccc(O)c(Cl)c2)C1. The quantitative estimate of drug-likeness (QED) is 0.873. The first kappa shape index (κ1) is 12.7. The minimum Gasteiger partial charge on any atom is -0.506 e. The Hall–Kier alpha value is -0.780. The highest BCUT2D eigenvalue weighted by molar-refractivity contribution is 7.91. The third-order valence-corrected chi connectivity index (χ3v) is 4.91. The molecule has 94 valence electrons. The van der Waals surface area contributed by atoms with Gasteiger partial charge in [-0.2, -0.15) is 0 Å². The largest absolute Gasteiger partial charge is 0.506 e. The van der Waals surface area contributed by atoms with Crippen LogP contribution in [0.4, 0.5) is 0 Å². The molecule has 6 heteroatoms. The summed E-state index contributed by atoms with van der Waals surface area (Å²) in [5, 5.41) is 12.7. The molecule has 2 N–H and O–H groups in total. The molecule has 1 heterocycles. The highest BCUT2D eigenvalue weighted by Crippen LogP contribution is 2.23. The zero-order valence-corrected chi connectivity index (χ0v) is 10.8. The molecule has 0 saturated carbocycles. The van der Waals surface area contributed by atoms with Crippen LogP contribution in [0.2, 0.25) is 5.02 Å². The van der Waals surface area contributed by atoms with Crippen molar-refractivity contribution in [3.8, 4) is 5.75 Å². The predicted octanol–water partition coefficient (Wildman–Crippen LogP) is 1.32. The molecular formula is C11H14ClNO3S. The van der Waals surface area contributed by atoms with Gasteiger partial charge in [0.05, 0.1) is 16.5 Å². The van der Waals surface area contributed by atoms with Crippen LogP contribution in [0.3, 0.4) is 0 Å². The lowest BCUT2D eigenvalue weighted by molar-refractivity contribution is 0.475. The second-order valence-corrected chi connectivity index (χ2v) is 6.90. The van der Waals surface area contributed by atoms with Crippen LogP contribution in [-0.2, 0) is 16.4 Å². The van der Waals surface area contributed by atoms with Crippen LogP contribution in [-0.4, -0.2) is 31.1 Å². The molecule has 0 aromatic heterocycles. The van der Waals surface area contributed by atoms with Crippen LogP contribution in [0.1, 0.15) is 12.0 Å². The van der Waals surface area contributed by atoms with Crippen LogP contribution < -0.4 is 5.32 Å². The number of aromatic hydroxyl groups is 1. The summed E-state index contributed by atoms with van der Waals surface area (Å²) in [6, 6.07) is 4.99. The molecule has 0 radical (unpaired) electrons. The Kier molecular flexibility index (Phi) is 3.61. The zero-order valence-electron chi connectivity index (χ0n) is 9.19. The van der Waals surface area contributed by atoms with Crippen molar-refractivity contribution in [2.75, 3.05) is 11.5 Å². The average molecular weight is 276 g/mol. The summed E-state index contributed by atoms with van der Waals surface area (Å²) in [4.78, 5) is 0. The van der Waals surface area contributed by atoms with Crippen molar-refractivity contribution in [2.24, 2.45) is 0 Å². The maximum absolute atomic E-state index is 11.3. The van der Waals surface area contributed by atoms with E-state index in [0.29, 0.717) is 18.0 Å². The lowest BCUT2D eigenvalue weighted by Crippen LogP contribution is -2.29. The highest BCUT2D eigenvalue weighted by atomic mass is 35.5. The van der Waals surface area contributed by atoms with Gasteiger partial charge in [-0.3, -0.25) is 0 Å². The Morgan fingerprint density at radius 3 is 2.82 bits per heavy atom. The fraction of sp³-hybridized carbons (Fsp3) is 0.455. The molecule has 1 aromatic rings. The summed E-state index contributed by atoms with van der Waals surface area (Å²) >= 11 is 5.78. The molecule has 17 heavy (non-hydrogen) atoms. The number of nitrogens with one attached hydrogen (secondary N) is 1. The normalized spacial score (nSPS) is 22.8. The van der Waals surface area contributed by atoms with E-state index in [4.69, 9.17) is 11.6 Å². The van der Waals surface area contributed by atoms with Crippen LogP contribution in [0.15, 0.2) is 18.2 Å². The van der Waals surface area contributed by atoms with Gasteiger partial charge in [0.15, 0.2) is 9.84 Å². The molecule has 1 aromatic carbocycles. The summed E-state index contributed by atoms with van der Waals surface area (Å²) < 4.78 is 22.5. The number of hydrogen-bond acceptors (Lipinski definition) is 4. The number of halogens is 1. The van der Waals surface area contributed by atoms with Crippen LogP contribution in [0.5, 0.6) is 5.75 Å². The molecule has 0 spiro atoms. The van der Waals surface area contributed by atoms with Gasteiger partial charge in [0.2, 0.25) is 0 Å². The molecule has 1 aliphatic rings. The summed E-state index contributed by atoms with van der Waals surface area (Å²) in [6.45, 7) is 0.556. The number of phenols is 1. The monoisotopic (exact) mass is 275 g/mol. The van der Waals surface area contributed by atoms with E-state index in [2.05, 4.69) is 5.32 Å². The average Bonchev–Trinajstić information content (AvgIpc) is 2.60. The van der Waals surface area contributed by atoms with Crippen LogP contribution in [0, 0.1) is 0 Å². The van der Waals surface area contributed by atoms with Crippen molar-refractivity contribution in [1.82, 2.24) is 5.32 Å². The van der Waals surface area contributed by atoms with E-state index < -0.39 is 9.84 Å². The van der Waals surface area contributed by atoms with E-state index in [1.54, 1.807) is 12.1 Å². The molecule has 1 atom stereocenters. The second-order valence-electron chi connectivity index (χ2n) is 4.27. The van der Waals surface area contributed by atoms with Crippen LogP contribution in [0.25, 0.3) is 0 Å². The van der Waals surface area contributed by atoms with Crippen molar-refractivity contribution in [2.45, 2.75) is 19.0 Å². The van der Waals surface area contributed by atoms with Gasteiger partial charge in [-0.25, -0.2) is 8.42 Å². The fourth-order valence-electron chi connectivity index (χ4n) is 1.88. The minimum absolute atomic E-state index is 0.0209. The number of sulfone groups is 1. The van der Waals surface area contributed by atoms with Crippen molar-refractivity contribution < 1.29 is 13.5 Å². The van der Waals surface area contributed by atoms with Gasteiger partial charge >= 0.3 is 0 Å². The van der Waals surface area contributed by atoms with Gasteiger partial charge < -0.3 is 10.4 Å². The third kappa shape index (κ3) is 3.34. The highest BCUT2D eigenvalue weighted by Gasteiger charge is 2.27. The Morgan fingerprint density at radius 1 is 1.47 bits per heavy atom. The molecule has 0 bridgehead atoms. The number of rotatable bonds is 3. The smallest absolute Gasteiger partial charge is 0.151 e. The van der Waals surface area contributed by atoms with E-state index in [-0.39, 0.29) is 23.3 Å². The van der Waals surface area contributed by atoms with Crippen molar-refractivity contribution in [3.63, 3.8) is 0 Å². The molecule has 1 unspecified atom stereocenters. The Bertz CT molecular complexity index is 515. The second kappa shape index (κ2) is 4.84. The van der Waals surface area contributed by atoms with Gasteiger partial charge in [0.25, 0.3) is 0 Å². The fourth-order valence-corrected chi connectivity index (χ4v) is 3.79. The van der Waals surface area contributed by atoms with Gasteiger partial charge in [-0.15, -0.1) is 0 Å². The Balaban J connectivity index is 1.92. The number of phenolic OH excluding ortho intramolecular Hbond substituents is 1. The maximum Gasteiger partial charge on any atom is 0.151 e. The maximum atomic E-state index is 11.3. The first-order valence-electron chi connectivity index (χ1n) is 5.37. The first-order valence-corrected chi connectivity index (χ1v) is 7.57. The zero-order chi connectivity index (χ0) is 12.5. The lowest BCUT2D eigenvalue weighted by Gasteiger charge is -2.10. The summed E-state index contributed by atoms with van der Waals surface area (Å²) in [7, 11) is -2.84. The molecule has 1 aliphatic heterocycles. The van der Waals surface area contributed by atoms with Gasteiger partial charge in [-0.1, -0.05) is 17.7 Å². The molecule has 2 rings (SSSR count). The van der Waals surface area contributed by atoms with Gasteiger partial charge in [-0.05, 0) is 24.1 Å². The van der Waals surface area contributed by atoms with E-state index in [9.17, 15) is 13.5 Å². The molecule has 4 nitrogen and oxygen atoms in total. The lowest BCUT2D eigenvalue weighted by atomic mass is 10.2. The van der Waals surface area contributed by atoms with Gasteiger partial charge in [0.1, 0.15) is 5.75 Å². The summed E-state index contributed by atoms with van der Waals surface area (Å²) in [6.07, 6.45) is 0.661. The van der Waals surface area contributed by atoms with Crippen molar-refractivity contribution in [3.05, 3.63) is 28.8 Å².